The molecule has 28 heavy (non-hydrogen) atoms. The van der Waals surface area contributed by atoms with Crippen molar-refractivity contribution < 1.29 is 14.3 Å². The molecule has 1 fully saturated rings. The van der Waals surface area contributed by atoms with Gasteiger partial charge in [-0.25, -0.2) is 0 Å². The minimum Gasteiger partial charge on any atom is -0.479 e. The summed E-state index contributed by atoms with van der Waals surface area (Å²) < 4.78 is 5.64. The largest absolute Gasteiger partial charge is 0.479 e. The first-order valence-electron chi connectivity index (χ1n) is 9.17. The van der Waals surface area contributed by atoms with Gasteiger partial charge in [-0.15, -0.1) is 0 Å². The van der Waals surface area contributed by atoms with Crippen molar-refractivity contribution in [2.24, 2.45) is 5.92 Å². The lowest BCUT2D eigenvalue weighted by Crippen LogP contribution is -2.37. The van der Waals surface area contributed by atoms with Crippen LogP contribution in [0.15, 0.2) is 42.5 Å². The van der Waals surface area contributed by atoms with Gasteiger partial charge in [-0.2, -0.15) is 0 Å². The molecule has 5 nitrogen and oxygen atoms in total. The molecule has 2 aromatic rings. The monoisotopic (exact) mass is 420 g/mol. The molecule has 0 aliphatic heterocycles. The first-order chi connectivity index (χ1) is 13.3. The summed E-state index contributed by atoms with van der Waals surface area (Å²) in [7, 11) is 0. The number of nitrogens with one attached hydrogen (secondary N) is 2. The standard InChI is InChI=1S/C21H22Cl2N2O3/c1-12(14-8-10-16(11-9-14)25-21(27)15-6-7-15)24-20(26)13(2)28-18-5-3-4-17(22)19(18)23/h3-5,8-13,15H,6-7H2,1-2H3,(H,24,26)(H,25,27)/t12-,13-/m0/s1. The molecule has 1 aliphatic carbocycles. The molecule has 2 atom stereocenters. The number of anilines is 1. The Kier molecular flexibility index (Phi) is 6.47. The highest BCUT2D eigenvalue weighted by Crippen LogP contribution is 2.32. The van der Waals surface area contributed by atoms with Crippen LogP contribution < -0.4 is 15.4 Å². The van der Waals surface area contributed by atoms with Crippen LogP contribution in [0.3, 0.4) is 0 Å². The maximum atomic E-state index is 12.5. The normalized spacial score (nSPS) is 15.4. The van der Waals surface area contributed by atoms with Crippen molar-refractivity contribution in [2.45, 2.75) is 38.8 Å². The Balaban J connectivity index is 1.55. The van der Waals surface area contributed by atoms with Gasteiger partial charge in [-0.05, 0) is 56.5 Å². The number of carbonyl (C=O) groups excluding carboxylic acids is 2. The Hall–Kier alpha value is -2.24. The van der Waals surface area contributed by atoms with E-state index in [1.807, 2.05) is 31.2 Å². The van der Waals surface area contributed by atoms with Gasteiger partial charge in [0.25, 0.3) is 5.91 Å². The summed E-state index contributed by atoms with van der Waals surface area (Å²) in [6.07, 6.45) is 1.19. The van der Waals surface area contributed by atoms with Crippen molar-refractivity contribution in [1.29, 1.82) is 0 Å². The Morgan fingerprint density at radius 2 is 1.75 bits per heavy atom. The molecule has 0 bridgehead atoms. The average Bonchev–Trinajstić information content (AvgIpc) is 3.51. The predicted octanol–water partition coefficient (Wildman–Crippen LogP) is 4.99. The van der Waals surface area contributed by atoms with E-state index < -0.39 is 6.10 Å². The lowest BCUT2D eigenvalue weighted by molar-refractivity contribution is -0.128. The number of benzene rings is 2. The maximum Gasteiger partial charge on any atom is 0.261 e. The molecule has 2 amide bonds. The summed E-state index contributed by atoms with van der Waals surface area (Å²) in [6, 6.07) is 12.2. The van der Waals surface area contributed by atoms with E-state index in [0.29, 0.717) is 10.8 Å². The summed E-state index contributed by atoms with van der Waals surface area (Å²) in [6.45, 7) is 3.53. The summed E-state index contributed by atoms with van der Waals surface area (Å²) in [5.41, 5.74) is 1.68. The molecule has 1 aliphatic rings. The van der Waals surface area contributed by atoms with Crippen LogP contribution in [0.2, 0.25) is 10.0 Å². The van der Waals surface area contributed by atoms with E-state index >= 15 is 0 Å². The number of hydrogen-bond acceptors (Lipinski definition) is 3. The van der Waals surface area contributed by atoms with E-state index in [2.05, 4.69) is 10.6 Å². The smallest absolute Gasteiger partial charge is 0.261 e. The van der Waals surface area contributed by atoms with Gasteiger partial charge in [0, 0.05) is 11.6 Å². The highest BCUT2D eigenvalue weighted by atomic mass is 35.5. The molecule has 0 saturated heterocycles. The van der Waals surface area contributed by atoms with Crippen molar-refractivity contribution in [1.82, 2.24) is 5.32 Å². The lowest BCUT2D eigenvalue weighted by Gasteiger charge is -2.20. The third-order valence-corrected chi connectivity index (χ3v) is 5.38. The van der Waals surface area contributed by atoms with Gasteiger partial charge in [0.15, 0.2) is 6.10 Å². The predicted molar refractivity (Wildman–Crippen MR) is 111 cm³/mol. The molecular weight excluding hydrogens is 399 g/mol. The first-order valence-corrected chi connectivity index (χ1v) is 9.92. The second kappa shape index (κ2) is 8.84. The number of amides is 2. The zero-order chi connectivity index (χ0) is 20.3. The molecule has 0 aromatic heterocycles. The maximum absolute atomic E-state index is 12.5. The average molecular weight is 421 g/mol. The zero-order valence-electron chi connectivity index (χ0n) is 15.7. The molecule has 0 heterocycles. The Labute approximate surface area is 174 Å². The second-order valence-electron chi connectivity index (χ2n) is 6.93. The van der Waals surface area contributed by atoms with E-state index in [1.54, 1.807) is 25.1 Å². The molecule has 0 radical (unpaired) electrons. The third-order valence-electron chi connectivity index (χ3n) is 4.57. The van der Waals surface area contributed by atoms with Crippen LogP contribution in [0, 0.1) is 5.92 Å². The summed E-state index contributed by atoms with van der Waals surface area (Å²) >= 11 is 12.1. The van der Waals surface area contributed by atoms with Gasteiger partial charge in [-0.1, -0.05) is 41.4 Å². The van der Waals surface area contributed by atoms with E-state index in [0.717, 1.165) is 24.1 Å². The zero-order valence-corrected chi connectivity index (χ0v) is 17.2. The van der Waals surface area contributed by atoms with E-state index in [1.165, 1.54) is 0 Å². The van der Waals surface area contributed by atoms with Crippen molar-refractivity contribution in [2.75, 3.05) is 5.32 Å². The molecule has 1 saturated carbocycles. The minimum absolute atomic E-state index is 0.0692. The Morgan fingerprint density at radius 1 is 1.07 bits per heavy atom. The van der Waals surface area contributed by atoms with E-state index in [9.17, 15) is 9.59 Å². The quantitative estimate of drug-likeness (QED) is 0.662. The molecular formula is C21H22Cl2N2O3. The van der Waals surface area contributed by atoms with Crippen LogP contribution in [-0.4, -0.2) is 17.9 Å². The lowest BCUT2D eigenvalue weighted by atomic mass is 10.1. The highest BCUT2D eigenvalue weighted by molar-refractivity contribution is 6.42. The van der Waals surface area contributed by atoms with Gasteiger partial charge in [-0.3, -0.25) is 9.59 Å². The van der Waals surface area contributed by atoms with Gasteiger partial charge >= 0.3 is 0 Å². The third kappa shape index (κ3) is 5.18. The van der Waals surface area contributed by atoms with Crippen LogP contribution in [0.4, 0.5) is 5.69 Å². The van der Waals surface area contributed by atoms with Gasteiger partial charge in [0.1, 0.15) is 10.8 Å². The Bertz CT molecular complexity index is 866. The SMILES string of the molecule is C[C@H](Oc1cccc(Cl)c1Cl)C(=O)N[C@@H](C)c1ccc(NC(=O)C2CC2)cc1. The molecule has 148 valence electrons. The summed E-state index contributed by atoms with van der Waals surface area (Å²) in [5.74, 6) is 0.321. The molecule has 3 rings (SSSR count). The number of carbonyl (C=O) groups is 2. The van der Waals surface area contributed by atoms with Crippen LogP contribution in [0.25, 0.3) is 0 Å². The second-order valence-corrected chi connectivity index (χ2v) is 7.71. The van der Waals surface area contributed by atoms with Crippen molar-refractivity contribution in [3.05, 3.63) is 58.1 Å². The summed E-state index contributed by atoms with van der Waals surface area (Å²) in [4.78, 5) is 24.3. The number of halogens is 2. The molecule has 2 N–H and O–H groups in total. The molecule has 7 heteroatoms. The fourth-order valence-electron chi connectivity index (χ4n) is 2.68. The van der Waals surface area contributed by atoms with E-state index in [4.69, 9.17) is 27.9 Å². The minimum atomic E-state index is -0.740. The van der Waals surface area contributed by atoms with Crippen LogP contribution in [0.5, 0.6) is 5.75 Å². The molecule has 0 unspecified atom stereocenters. The van der Waals surface area contributed by atoms with Crippen LogP contribution in [0.1, 0.15) is 38.3 Å². The molecule has 2 aromatic carbocycles. The molecule has 0 spiro atoms. The first kappa shape index (κ1) is 20.5. The van der Waals surface area contributed by atoms with Gasteiger partial charge in [0.05, 0.1) is 11.1 Å². The van der Waals surface area contributed by atoms with Crippen molar-refractivity contribution >= 4 is 40.7 Å². The van der Waals surface area contributed by atoms with Crippen LogP contribution in [-0.2, 0) is 9.59 Å². The fourth-order valence-corrected chi connectivity index (χ4v) is 3.01. The number of ether oxygens (including phenoxy) is 1. The topological polar surface area (TPSA) is 67.4 Å². The van der Waals surface area contributed by atoms with Crippen LogP contribution >= 0.6 is 23.2 Å². The fraction of sp³-hybridized carbons (Fsp3) is 0.333. The number of hydrogen-bond donors (Lipinski definition) is 2. The van der Waals surface area contributed by atoms with Crippen molar-refractivity contribution in [3.63, 3.8) is 0 Å². The van der Waals surface area contributed by atoms with Gasteiger partial charge < -0.3 is 15.4 Å². The van der Waals surface area contributed by atoms with Gasteiger partial charge in [0.2, 0.25) is 5.91 Å². The highest BCUT2D eigenvalue weighted by Gasteiger charge is 2.29. The van der Waals surface area contributed by atoms with E-state index in [-0.39, 0.29) is 28.8 Å². The Morgan fingerprint density at radius 3 is 2.39 bits per heavy atom. The summed E-state index contributed by atoms with van der Waals surface area (Å²) in [5, 5.41) is 6.46. The number of rotatable bonds is 7. The van der Waals surface area contributed by atoms with Crippen molar-refractivity contribution in [3.8, 4) is 5.75 Å².